The number of nitrogens with one attached hydrogen (secondary N) is 1. The summed E-state index contributed by atoms with van der Waals surface area (Å²) < 4.78 is 34.8. The van der Waals surface area contributed by atoms with Gasteiger partial charge in [-0.05, 0) is 68.0 Å². The maximum atomic E-state index is 13.8. The number of sulfonamides is 1. The molecule has 2 heterocycles. The third kappa shape index (κ3) is 2.97. The Hall–Kier alpha value is -2.31. The van der Waals surface area contributed by atoms with E-state index >= 15 is 0 Å². The minimum absolute atomic E-state index is 0.197. The van der Waals surface area contributed by atoms with Crippen LogP contribution in [0.3, 0.4) is 0 Å². The smallest absolute Gasteiger partial charge is 0.244 e. The average Bonchev–Trinajstić information content (AvgIpc) is 3.08. The van der Waals surface area contributed by atoms with Gasteiger partial charge in [0.1, 0.15) is 5.75 Å². The molecule has 29 heavy (non-hydrogen) atoms. The third-order valence-corrected chi connectivity index (χ3v) is 8.46. The van der Waals surface area contributed by atoms with E-state index < -0.39 is 10.0 Å². The number of nitrogens with zero attached hydrogens (tertiary/aromatic N) is 1. The summed E-state index contributed by atoms with van der Waals surface area (Å²) in [7, 11) is -2.04. The normalized spacial score (nSPS) is 17.5. The Morgan fingerprint density at radius 2 is 1.90 bits per heavy atom. The zero-order chi connectivity index (χ0) is 20.9. The first-order valence-corrected chi connectivity index (χ1v) is 11.5. The van der Waals surface area contributed by atoms with Crippen LogP contribution < -0.4 is 4.74 Å². The lowest BCUT2D eigenvalue weighted by Gasteiger charge is -2.35. The fourth-order valence-electron chi connectivity index (χ4n) is 4.74. The van der Waals surface area contributed by atoms with Gasteiger partial charge in [0.25, 0.3) is 0 Å². The van der Waals surface area contributed by atoms with Crippen LogP contribution in [0.25, 0.3) is 10.9 Å². The molecule has 0 radical (unpaired) electrons. The average molecular weight is 413 g/mol. The molecule has 6 heteroatoms. The first-order chi connectivity index (χ1) is 13.8. The number of aromatic amines is 1. The van der Waals surface area contributed by atoms with Crippen LogP contribution in [0.15, 0.2) is 35.2 Å². The second kappa shape index (κ2) is 7.18. The van der Waals surface area contributed by atoms with Crippen LogP contribution in [-0.4, -0.2) is 31.4 Å². The molecule has 0 aliphatic carbocycles. The van der Waals surface area contributed by atoms with Crippen LogP contribution in [0.2, 0.25) is 0 Å². The lowest BCUT2D eigenvalue weighted by molar-refractivity contribution is 0.296. The molecule has 1 N–H and O–H groups in total. The van der Waals surface area contributed by atoms with E-state index in [0.717, 1.165) is 33.7 Å². The Balaban J connectivity index is 1.85. The zero-order valence-corrected chi connectivity index (χ0v) is 18.5. The Labute approximate surface area is 172 Å². The number of methoxy groups -OCH3 is 1. The van der Waals surface area contributed by atoms with Crippen LogP contribution in [0.5, 0.6) is 5.75 Å². The third-order valence-electron chi connectivity index (χ3n) is 6.26. The molecule has 1 aliphatic heterocycles. The first-order valence-electron chi connectivity index (χ1n) is 10.1. The van der Waals surface area contributed by atoms with E-state index in [0.29, 0.717) is 24.3 Å². The molecule has 0 saturated heterocycles. The summed E-state index contributed by atoms with van der Waals surface area (Å²) in [5, 5.41) is 1.20. The van der Waals surface area contributed by atoms with E-state index in [1.165, 1.54) is 10.9 Å². The number of benzene rings is 2. The van der Waals surface area contributed by atoms with Crippen LogP contribution in [0.4, 0.5) is 0 Å². The van der Waals surface area contributed by atoms with Crippen molar-refractivity contribution in [3.8, 4) is 5.75 Å². The number of rotatable bonds is 4. The highest BCUT2D eigenvalue weighted by molar-refractivity contribution is 7.89. The predicted octanol–water partition coefficient (Wildman–Crippen LogP) is 4.80. The zero-order valence-electron chi connectivity index (χ0n) is 17.7. The molecule has 5 nitrogen and oxygen atoms in total. The maximum Gasteiger partial charge on any atom is 0.244 e. The minimum Gasteiger partial charge on any atom is -0.496 e. The lowest BCUT2D eigenvalue weighted by Crippen LogP contribution is -2.40. The topological polar surface area (TPSA) is 62.4 Å². The number of aromatic nitrogens is 1. The van der Waals surface area contributed by atoms with Gasteiger partial charge in [0.2, 0.25) is 10.0 Å². The van der Waals surface area contributed by atoms with E-state index in [1.807, 2.05) is 45.9 Å². The molecule has 0 fully saturated rings. The summed E-state index contributed by atoms with van der Waals surface area (Å²) in [6.07, 6.45) is 1.43. The van der Waals surface area contributed by atoms with Crippen molar-refractivity contribution in [1.29, 1.82) is 0 Å². The SMILES string of the molecule is CCC1c2[nH]c3ccccc3c2CCN1S(=O)(=O)c1c(C)cc(OC)c(C)c1C. The van der Waals surface area contributed by atoms with Crippen LogP contribution >= 0.6 is 0 Å². The quantitative estimate of drug-likeness (QED) is 0.669. The number of hydrogen-bond acceptors (Lipinski definition) is 3. The molecule has 2 aromatic carbocycles. The molecule has 0 bridgehead atoms. The molecular weight excluding hydrogens is 384 g/mol. The number of H-pyrrole nitrogens is 1. The summed E-state index contributed by atoms with van der Waals surface area (Å²) in [6.45, 7) is 8.17. The van der Waals surface area contributed by atoms with E-state index in [4.69, 9.17) is 4.74 Å². The number of aryl methyl sites for hydroxylation is 1. The van der Waals surface area contributed by atoms with Crippen molar-refractivity contribution in [3.63, 3.8) is 0 Å². The molecule has 0 spiro atoms. The van der Waals surface area contributed by atoms with Crippen molar-refractivity contribution < 1.29 is 13.2 Å². The number of para-hydroxylation sites is 1. The Bertz CT molecular complexity index is 1190. The molecule has 1 aromatic heterocycles. The second-order valence-corrected chi connectivity index (χ2v) is 9.65. The Morgan fingerprint density at radius 3 is 2.59 bits per heavy atom. The summed E-state index contributed by atoms with van der Waals surface area (Å²) in [5.41, 5.74) is 5.71. The molecule has 0 saturated carbocycles. The van der Waals surface area contributed by atoms with E-state index in [9.17, 15) is 8.42 Å². The van der Waals surface area contributed by atoms with Crippen LogP contribution in [-0.2, 0) is 16.4 Å². The van der Waals surface area contributed by atoms with Gasteiger partial charge in [-0.15, -0.1) is 0 Å². The minimum atomic E-state index is -3.65. The summed E-state index contributed by atoms with van der Waals surface area (Å²) in [5.74, 6) is 0.725. The Kier molecular flexibility index (Phi) is 4.95. The fourth-order valence-corrected chi connectivity index (χ4v) is 6.90. The Morgan fingerprint density at radius 1 is 1.17 bits per heavy atom. The van der Waals surface area contributed by atoms with E-state index in [2.05, 4.69) is 17.1 Å². The number of hydrogen-bond donors (Lipinski definition) is 1. The lowest BCUT2D eigenvalue weighted by atomic mass is 9.98. The van der Waals surface area contributed by atoms with Crippen molar-refractivity contribution in [2.24, 2.45) is 0 Å². The van der Waals surface area contributed by atoms with Gasteiger partial charge in [0, 0.05) is 23.1 Å². The van der Waals surface area contributed by atoms with E-state index in [1.54, 1.807) is 11.4 Å². The van der Waals surface area contributed by atoms with Crippen molar-refractivity contribution in [2.75, 3.05) is 13.7 Å². The summed E-state index contributed by atoms with van der Waals surface area (Å²) in [4.78, 5) is 3.91. The molecule has 1 aliphatic rings. The monoisotopic (exact) mass is 412 g/mol. The van der Waals surface area contributed by atoms with Crippen molar-refractivity contribution >= 4 is 20.9 Å². The van der Waals surface area contributed by atoms with Gasteiger partial charge in [0.05, 0.1) is 18.0 Å². The molecule has 4 rings (SSSR count). The van der Waals surface area contributed by atoms with Crippen molar-refractivity contribution in [3.05, 3.63) is 58.3 Å². The number of fused-ring (bicyclic) bond motifs is 3. The van der Waals surface area contributed by atoms with Gasteiger partial charge in [-0.1, -0.05) is 25.1 Å². The molecule has 0 amide bonds. The van der Waals surface area contributed by atoms with Crippen molar-refractivity contribution in [1.82, 2.24) is 9.29 Å². The van der Waals surface area contributed by atoms with Crippen LogP contribution in [0, 0.1) is 20.8 Å². The van der Waals surface area contributed by atoms with Gasteiger partial charge in [-0.25, -0.2) is 8.42 Å². The molecule has 3 aromatic rings. The van der Waals surface area contributed by atoms with Gasteiger partial charge in [0.15, 0.2) is 0 Å². The van der Waals surface area contributed by atoms with Crippen LogP contribution in [0.1, 0.15) is 47.3 Å². The molecule has 1 atom stereocenters. The summed E-state index contributed by atoms with van der Waals surface area (Å²) in [6, 6.07) is 9.84. The molecule has 1 unspecified atom stereocenters. The van der Waals surface area contributed by atoms with E-state index in [-0.39, 0.29) is 6.04 Å². The van der Waals surface area contributed by atoms with Gasteiger partial charge >= 0.3 is 0 Å². The second-order valence-electron chi connectivity index (χ2n) is 7.83. The highest BCUT2D eigenvalue weighted by Crippen LogP contribution is 2.41. The standard InChI is InChI=1S/C23H28N2O3S/c1-6-20-22-18(17-9-7-8-10-19(17)24-22)11-12-25(20)29(26,27)23-14(2)13-21(28-5)15(3)16(23)4/h7-10,13,20,24H,6,11-12H2,1-5H3. The molecular formula is C23H28N2O3S. The van der Waals surface area contributed by atoms with Crippen molar-refractivity contribution in [2.45, 2.75) is 51.5 Å². The molecule has 154 valence electrons. The van der Waals surface area contributed by atoms with Gasteiger partial charge in [-0.2, -0.15) is 4.31 Å². The maximum absolute atomic E-state index is 13.8. The van der Waals surface area contributed by atoms with Gasteiger partial charge in [-0.3, -0.25) is 0 Å². The highest BCUT2D eigenvalue weighted by Gasteiger charge is 2.39. The number of ether oxygens (including phenoxy) is 1. The highest BCUT2D eigenvalue weighted by atomic mass is 32.2. The first kappa shape index (κ1) is 20.0. The van der Waals surface area contributed by atoms with Gasteiger partial charge < -0.3 is 9.72 Å². The fraction of sp³-hybridized carbons (Fsp3) is 0.391. The largest absolute Gasteiger partial charge is 0.496 e. The summed E-state index contributed by atoms with van der Waals surface area (Å²) >= 11 is 0. The predicted molar refractivity (Wildman–Crippen MR) is 116 cm³/mol.